The highest BCUT2D eigenvalue weighted by molar-refractivity contribution is 8.15. The molecule has 1 aromatic heterocycles. The Hall–Kier alpha value is -2.34. The Morgan fingerprint density at radius 3 is 2.76 bits per heavy atom. The first-order valence-corrected chi connectivity index (χ1v) is 9.32. The van der Waals surface area contributed by atoms with Gasteiger partial charge >= 0.3 is 0 Å². The molecule has 0 saturated carbocycles. The van der Waals surface area contributed by atoms with Gasteiger partial charge in [-0.15, -0.1) is 5.10 Å². The maximum Gasteiger partial charge on any atom is 0.239 e. The van der Waals surface area contributed by atoms with Gasteiger partial charge in [-0.05, 0) is 42.5 Å². The second kappa shape index (κ2) is 8.67. The molecule has 5 nitrogen and oxygen atoms in total. The third kappa shape index (κ3) is 5.06. The van der Waals surface area contributed by atoms with Crippen LogP contribution in [-0.4, -0.2) is 22.5 Å². The molecule has 0 spiro atoms. The Morgan fingerprint density at radius 2 is 2.04 bits per heavy atom. The molecule has 1 amide bonds. The van der Waals surface area contributed by atoms with Crippen LogP contribution in [0.4, 0.5) is 0 Å². The highest BCUT2D eigenvalue weighted by Gasteiger charge is 2.30. The van der Waals surface area contributed by atoms with Gasteiger partial charge in [0, 0.05) is 0 Å². The SMILES string of the molecule is CCCCc1ccc(CC2S/C(=N/N=C/c3ccco3)NC2=O)cc1. The average molecular weight is 355 g/mol. The van der Waals surface area contributed by atoms with Crippen molar-refractivity contribution in [3.8, 4) is 0 Å². The third-order valence-electron chi connectivity index (χ3n) is 3.92. The number of hydrogen-bond acceptors (Lipinski definition) is 5. The van der Waals surface area contributed by atoms with Crippen LogP contribution in [0.25, 0.3) is 0 Å². The zero-order valence-corrected chi connectivity index (χ0v) is 15.0. The van der Waals surface area contributed by atoms with Crippen LogP contribution >= 0.6 is 11.8 Å². The molecule has 0 bridgehead atoms. The van der Waals surface area contributed by atoms with Gasteiger partial charge < -0.3 is 9.73 Å². The fourth-order valence-electron chi connectivity index (χ4n) is 2.53. The van der Waals surface area contributed by atoms with Gasteiger partial charge in [-0.1, -0.05) is 49.4 Å². The summed E-state index contributed by atoms with van der Waals surface area (Å²) in [6, 6.07) is 12.1. The Kier molecular flexibility index (Phi) is 6.06. The summed E-state index contributed by atoms with van der Waals surface area (Å²) in [6.07, 6.45) is 7.29. The Balaban J connectivity index is 1.55. The minimum Gasteiger partial charge on any atom is -0.463 e. The van der Waals surface area contributed by atoms with Gasteiger partial charge in [0.2, 0.25) is 5.91 Å². The molecule has 1 aliphatic rings. The van der Waals surface area contributed by atoms with Crippen molar-refractivity contribution in [2.24, 2.45) is 10.2 Å². The standard InChI is InChI=1S/C19H21N3O2S/c1-2-3-5-14-7-9-15(10-8-14)12-17-18(23)21-19(25-17)22-20-13-16-6-4-11-24-16/h4,6-11,13,17H,2-3,5,12H2,1H3,(H,21,22,23)/b20-13+. The minimum atomic E-state index is -0.168. The summed E-state index contributed by atoms with van der Waals surface area (Å²) in [6.45, 7) is 2.20. The second-order valence-corrected chi connectivity index (χ2v) is 7.08. The number of nitrogens with one attached hydrogen (secondary N) is 1. The molecule has 1 aliphatic heterocycles. The topological polar surface area (TPSA) is 67.0 Å². The van der Waals surface area contributed by atoms with Gasteiger partial charge in [0.15, 0.2) is 5.17 Å². The van der Waals surface area contributed by atoms with Crippen LogP contribution in [0.15, 0.2) is 57.3 Å². The van der Waals surface area contributed by atoms with E-state index in [1.54, 1.807) is 18.4 Å². The van der Waals surface area contributed by atoms with E-state index in [9.17, 15) is 4.79 Å². The highest BCUT2D eigenvalue weighted by Crippen LogP contribution is 2.23. The Bertz CT molecular complexity index is 751. The van der Waals surface area contributed by atoms with Crippen LogP contribution in [0, 0.1) is 0 Å². The van der Waals surface area contributed by atoms with Crippen molar-refractivity contribution < 1.29 is 9.21 Å². The lowest BCUT2D eigenvalue weighted by Crippen LogP contribution is -2.25. The number of hydrogen-bond donors (Lipinski definition) is 1. The van der Waals surface area contributed by atoms with E-state index in [0.717, 1.165) is 12.0 Å². The van der Waals surface area contributed by atoms with Crippen molar-refractivity contribution in [2.45, 2.75) is 37.9 Å². The van der Waals surface area contributed by atoms with E-state index >= 15 is 0 Å². The monoisotopic (exact) mass is 355 g/mol. The molecule has 1 aromatic carbocycles. The van der Waals surface area contributed by atoms with Crippen LogP contribution in [0.2, 0.25) is 0 Å². The predicted octanol–water partition coefficient (Wildman–Crippen LogP) is 3.79. The number of unbranched alkanes of at least 4 members (excludes halogenated alkanes) is 1. The summed E-state index contributed by atoms with van der Waals surface area (Å²) in [5.74, 6) is 0.602. The summed E-state index contributed by atoms with van der Waals surface area (Å²) in [4.78, 5) is 12.1. The number of carbonyl (C=O) groups is 1. The van der Waals surface area contributed by atoms with E-state index in [4.69, 9.17) is 4.42 Å². The fourth-order valence-corrected chi connectivity index (χ4v) is 3.49. The third-order valence-corrected chi connectivity index (χ3v) is 4.99. The van der Waals surface area contributed by atoms with Crippen molar-refractivity contribution in [3.63, 3.8) is 0 Å². The fraction of sp³-hybridized carbons (Fsp3) is 0.316. The van der Waals surface area contributed by atoms with Crippen molar-refractivity contribution in [1.29, 1.82) is 0 Å². The molecule has 130 valence electrons. The van der Waals surface area contributed by atoms with Crippen LogP contribution in [0.1, 0.15) is 36.7 Å². The molecule has 1 fully saturated rings. The Morgan fingerprint density at radius 1 is 1.24 bits per heavy atom. The van der Waals surface area contributed by atoms with Crippen molar-refractivity contribution >= 4 is 29.1 Å². The van der Waals surface area contributed by atoms with Gasteiger partial charge in [0.1, 0.15) is 5.76 Å². The molecule has 0 aliphatic carbocycles. The average Bonchev–Trinajstić information content (AvgIpc) is 3.25. The molecule has 25 heavy (non-hydrogen) atoms. The molecular formula is C19H21N3O2S. The first-order valence-electron chi connectivity index (χ1n) is 8.44. The van der Waals surface area contributed by atoms with Crippen LogP contribution in [0.5, 0.6) is 0 Å². The summed E-state index contributed by atoms with van der Waals surface area (Å²) < 4.78 is 5.14. The number of rotatable bonds is 7. The number of aryl methyl sites for hydroxylation is 1. The number of amidine groups is 1. The van der Waals surface area contributed by atoms with Crippen molar-refractivity contribution in [3.05, 3.63) is 59.5 Å². The van der Waals surface area contributed by atoms with Gasteiger partial charge in [-0.25, -0.2) is 0 Å². The first-order chi connectivity index (χ1) is 12.2. The molecule has 1 saturated heterocycles. The quantitative estimate of drug-likeness (QED) is 0.607. The molecule has 6 heteroatoms. The molecular weight excluding hydrogens is 334 g/mol. The van der Waals surface area contributed by atoms with E-state index in [1.807, 2.05) is 0 Å². The normalized spacial score (nSPS) is 19.0. The number of amides is 1. The van der Waals surface area contributed by atoms with Gasteiger partial charge in [0.25, 0.3) is 0 Å². The molecule has 1 unspecified atom stereocenters. The zero-order valence-electron chi connectivity index (χ0n) is 14.1. The van der Waals surface area contributed by atoms with Crippen LogP contribution in [0.3, 0.4) is 0 Å². The van der Waals surface area contributed by atoms with E-state index in [2.05, 4.69) is 46.7 Å². The highest BCUT2D eigenvalue weighted by atomic mass is 32.2. The van der Waals surface area contributed by atoms with E-state index in [1.165, 1.54) is 36.4 Å². The van der Waals surface area contributed by atoms with Crippen molar-refractivity contribution in [1.82, 2.24) is 5.32 Å². The van der Waals surface area contributed by atoms with E-state index < -0.39 is 0 Å². The molecule has 2 aromatic rings. The molecule has 3 rings (SSSR count). The Labute approximate surface area is 151 Å². The summed E-state index contributed by atoms with van der Waals surface area (Å²) in [7, 11) is 0. The summed E-state index contributed by atoms with van der Waals surface area (Å²) in [5, 5.41) is 11.1. The lowest BCUT2D eigenvalue weighted by molar-refractivity contribution is -0.118. The number of nitrogens with zero attached hydrogens (tertiary/aromatic N) is 2. The lowest BCUT2D eigenvalue weighted by atomic mass is 10.0. The number of thioether (sulfide) groups is 1. The molecule has 1 atom stereocenters. The maximum atomic E-state index is 12.1. The summed E-state index contributed by atoms with van der Waals surface area (Å²) >= 11 is 1.41. The molecule has 0 radical (unpaired) electrons. The molecule has 2 heterocycles. The lowest BCUT2D eigenvalue weighted by Gasteiger charge is -2.06. The van der Waals surface area contributed by atoms with Gasteiger partial charge in [-0.3, -0.25) is 4.79 Å². The largest absolute Gasteiger partial charge is 0.463 e. The predicted molar refractivity (Wildman–Crippen MR) is 102 cm³/mol. The zero-order chi connectivity index (χ0) is 17.5. The molecule has 1 N–H and O–H groups in total. The number of furan rings is 1. The van der Waals surface area contributed by atoms with E-state index in [-0.39, 0.29) is 11.2 Å². The van der Waals surface area contributed by atoms with Crippen LogP contribution in [-0.2, 0) is 17.6 Å². The van der Waals surface area contributed by atoms with Crippen LogP contribution < -0.4 is 5.32 Å². The van der Waals surface area contributed by atoms with E-state index in [0.29, 0.717) is 17.3 Å². The number of carbonyl (C=O) groups excluding carboxylic acids is 1. The summed E-state index contributed by atoms with van der Waals surface area (Å²) in [5.41, 5.74) is 2.51. The second-order valence-electron chi connectivity index (χ2n) is 5.89. The minimum absolute atomic E-state index is 0.0213. The van der Waals surface area contributed by atoms with Gasteiger partial charge in [0.05, 0.1) is 17.7 Å². The van der Waals surface area contributed by atoms with Gasteiger partial charge in [-0.2, -0.15) is 5.10 Å². The smallest absolute Gasteiger partial charge is 0.239 e. The maximum absolute atomic E-state index is 12.1. The first kappa shape index (κ1) is 17.5. The number of benzene rings is 1. The van der Waals surface area contributed by atoms with Crippen molar-refractivity contribution in [2.75, 3.05) is 0 Å².